The lowest BCUT2D eigenvalue weighted by Crippen LogP contribution is -2.21. The van der Waals surface area contributed by atoms with E-state index in [0.29, 0.717) is 0 Å². The van der Waals surface area contributed by atoms with Crippen molar-refractivity contribution < 1.29 is 0 Å². The van der Waals surface area contributed by atoms with Gasteiger partial charge in [-0.1, -0.05) is 32.1 Å². The Morgan fingerprint density at radius 3 is 2.37 bits per heavy atom. The van der Waals surface area contributed by atoms with Gasteiger partial charge < -0.3 is 4.90 Å². The minimum Gasteiger partial charge on any atom is -0.341 e. The Morgan fingerprint density at radius 2 is 1.89 bits per heavy atom. The fourth-order valence-electron chi connectivity index (χ4n) is 2.70. The first kappa shape index (κ1) is 15.5. The summed E-state index contributed by atoms with van der Waals surface area (Å²) in [5.41, 5.74) is 4.09. The molecule has 2 nitrogen and oxygen atoms in total. The summed E-state index contributed by atoms with van der Waals surface area (Å²) in [6.07, 6.45) is 12.6. The number of allylic oxidation sites excluding steroid dienone is 6. The molecular weight excluding hydrogens is 232 g/mol. The predicted octanol–water partition coefficient (Wildman–Crippen LogP) is 4.34. The van der Waals surface area contributed by atoms with E-state index in [1.54, 1.807) is 7.05 Å². The van der Waals surface area contributed by atoms with Gasteiger partial charge in [0.25, 0.3) is 0 Å². The Kier molecular flexibility index (Phi) is 5.34. The molecule has 0 aliphatic carbocycles. The van der Waals surface area contributed by atoms with Crippen LogP contribution >= 0.6 is 0 Å². The van der Waals surface area contributed by atoms with Gasteiger partial charge in [-0.3, -0.25) is 4.99 Å². The van der Waals surface area contributed by atoms with Crippen LogP contribution in [0, 0.1) is 5.41 Å². The lowest BCUT2D eigenvalue weighted by molar-refractivity contribution is 0.380. The first-order valence-corrected chi connectivity index (χ1v) is 6.88. The van der Waals surface area contributed by atoms with Crippen LogP contribution in [-0.2, 0) is 0 Å². The summed E-state index contributed by atoms with van der Waals surface area (Å²) in [6, 6.07) is 0. The zero-order valence-corrected chi connectivity index (χ0v) is 13.1. The minimum absolute atomic E-state index is 0.181. The molecule has 0 N–H and O–H groups in total. The van der Waals surface area contributed by atoms with E-state index < -0.39 is 0 Å². The Balaban J connectivity index is 3.26. The molecule has 1 heterocycles. The molecule has 1 fully saturated rings. The molecule has 0 atom stereocenters. The van der Waals surface area contributed by atoms with E-state index in [-0.39, 0.29) is 5.41 Å². The van der Waals surface area contributed by atoms with Gasteiger partial charge in [0.1, 0.15) is 0 Å². The van der Waals surface area contributed by atoms with Crippen molar-refractivity contribution in [1.29, 1.82) is 0 Å². The van der Waals surface area contributed by atoms with Gasteiger partial charge in [0, 0.05) is 36.6 Å². The molecule has 0 aromatic carbocycles. The van der Waals surface area contributed by atoms with Crippen LogP contribution in [0.3, 0.4) is 0 Å². The molecule has 0 bridgehead atoms. The van der Waals surface area contributed by atoms with Crippen molar-refractivity contribution in [2.24, 2.45) is 10.4 Å². The third-order valence-electron chi connectivity index (χ3n) is 3.45. The highest BCUT2D eigenvalue weighted by molar-refractivity contribution is 5.73. The molecule has 1 aliphatic rings. The van der Waals surface area contributed by atoms with Crippen molar-refractivity contribution in [2.75, 3.05) is 13.6 Å². The molecule has 0 unspecified atom stereocenters. The van der Waals surface area contributed by atoms with Crippen LogP contribution < -0.4 is 0 Å². The summed E-state index contributed by atoms with van der Waals surface area (Å²) in [4.78, 5) is 6.43. The lowest BCUT2D eigenvalue weighted by Gasteiger charge is -2.22. The molecule has 0 saturated carbocycles. The molecule has 1 rings (SSSR count). The van der Waals surface area contributed by atoms with Crippen molar-refractivity contribution in [1.82, 2.24) is 4.90 Å². The second-order valence-corrected chi connectivity index (χ2v) is 5.35. The van der Waals surface area contributed by atoms with Gasteiger partial charge in [-0.15, -0.1) is 0 Å². The zero-order chi connectivity index (χ0) is 14.5. The highest BCUT2D eigenvalue weighted by Gasteiger charge is 2.37. The van der Waals surface area contributed by atoms with E-state index in [2.05, 4.69) is 68.0 Å². The first-order valence-electron chi connectivity index (χ1n) is 6.88. The third-order valence-corrected chi connectivity index (χ3v) is 3.45. The maximum Gasteiger partial charge on any atom is 0.0422 e. The first-order chi connectivity index (χ1) is 9.01. The fourth-order valence-corrected chi connectivity index (χ4v) is 2.70. The van der Waals surface area contributed by atoms with Crippen molar-refractivity contribution in [2.45, 2.75) is 34.6 Å². The average molecular weight is 258 g/mol. The number of hydrogen-bond donors (Lipinski definition) is 0. The number of hydrogen-bond acceptors (Lipinski definition) is 2. The SMILES string of the molecule is C/C=C\C(=C/C=NC)N1CC(C)(C)C(=C/C)/C1=C\C. The third kappa shape index (κ3) is 3.25. The quantitative estimate of drug-likeness (QED) is 0.543. The van der Waals surface area contributed by atoms with E-state index in [1.165, 1.54) is 17.0 Å². The van der Waals surface area contributed by atoms with Crippen molar-refractivity contribution >= 4 is 6.21 Å². The van der Waals surface area contributed by atoms with Crippen LogP contribution in [0.1, 0.15) is 34.6 Å². The van der Waals surface area contributed by atoms with Crippen molar-refractivity contribution in [3.63, 3.8) is 0 Å². The van der Waals surface area contributed by atoms with Gasteiger partial charge in [0.05, 0.1) is 0 Å². The van der Waals surface area contributed by atoms with E-state index >= 15 is 0 Å². The molecule has 0 aromatic rings. The molecule has 19 heavy (non-hydrogen) atoms. The Labute approximate surface area is 117 Å². The Morgan fingerprint density at radius 1 is 1.21 bits per heavy atom. The fraction of sp³-hybridized carbons (Fsp3) is 0.471. The maximum absolute atomic E-state index is 4.06. The topological polar surface area (TPSA) is 15.6 Å². The van der Waals surface area contributed by atoms with Crippen LogP contribution in [0.5, 0.6) is 0 Å². The maximum atomic E-state index is 4.06. The van der Waals surface area contributed by atoms with Gasteiger partial charge in [0.15, 0.2) is 0 Å². The molecule has 1 aliphatic heterocycles. The summed E-state index contributed by atoms with van der Waals surface area (Å²) in [5.74, 6) is 0. The van der Waals surface area contributed by atoms with Gasteiger partial charge >= 0.3 is 0 Å². The molecule has 0 aromatic heterocycles. The highest BCUT2D eigenvalue weighted by Crippen LogP contribution is 2.43. The van der Waals surface area contributed by atoms with Crippen LogP contribution in [0.2, 0.25) is 0 Å². The van der Waals surface area contributed by atoms with Crippen molar-refractivity contribution in [3.05, 3.63) is 47.3 Å². The molecule has 0 spiro atoms. The molecular formula is C17H26N2. The normalized spacial score (nSPS) is 24.5. The Hall–Kier alpha value is -1.57. The molecule has 0 radical (unpaired) electrons. The van der Waals surface area contributed by atoms with E-state index in [9.17, 15) is 0 Å². The second kappa shape index (κ2) is 6.55. The van der Waals surface area contributed by atoms with E-state index in [1.807, 2.05) is 13.1 Å². The second-order valence-electron chi connectivity index (χ2n) is 5.35. The monoisotopic (exact) mass is 258 g/mol. The minimum atomic E-state index is 0.181. The molecule has 2 heteroatoms. The lowest BCUT2D eigenvalue weighted by atomic mass is 9.86. The standard InChI is InChI=1S/C17H26N2/c1-7-10-14(11-12-18-6)19-13-17(4,5)15(8-2)16(19)9-3/h7-12H,13H2,1-6H3/b10-7-,14-11+,15-8+,16-9+,18-12?. The van der Waals surface area contributed by atoms with Crippen LogP contribution in [-0.4, -0.2) is 24.7 Å². The Bertz CT molecular complexity index is 460. The average Bonchev–Trinajstić information content (AvgIpc) is 2.64. The number of nitrogens with zero attached hydrogens (tertiary/aromatic N) is 2. The zero-order valence-electron chi connectivity index (χ0n) is 13.1. The molecule has 104 valence electrons. The summed E-state index contributed by atoms with van der Waals surface area (Å²) < 4.78 is 0. The number of aliphatic imine (C=N–C) groups is 1. The van der Waals surface area contributed by atoms with Gasteiger partial charge in [-0.25, -0.2) is 0 Å². The predicted molar refractivity (Wildman–Crippen MR) is 85.3 cm³/mol. The van der Waals surface area contributed by atoms with Gasteiger partial charge in [-0.2, -0.15) is 0 Å². The van der Waals surface area contributed by atoms with Crippen molar-refractivity contribution in [3.8, 4) is 0 Å². The number of rotatable bonds is 3. The summed E-state index contributed by atoms with van der Waals surface area (Å²) >= 11 is 0. The van der Waals surface area contributed by atoms with Crippen LogP contribution in [0.15, 0.2) is 52.3 Å². The number of likely N-dealkylation sites (tertiary alicyclic amines) is 1. The molecule has 1 saturated heterocycles. The molecule has 0 amide bonds. The highest BCUT2D eigenvalue weighted by atomic mass is 15.2. The van der Waals surface area contributed by atoms with E-state index in [4.69, 9.17) is 0 Å². The summed E-state index contributed by atoms with van der Waals surface area (Å²) in [6.45, 7) is 11.9. The smallest absolute Gasteiger partial charge is 0.0422 e. The van der Waals surface area contributed by atoms with Gasteiger partial charge in [0.2, 0.25) is 0 Å². The largest absolute Gasteiger partial charge is 0.341 e. The van der Waals surface area contributed by atoms with Crippen LogP contribution in [0.4, 0.5) is 0 Å². The summed E-state index contributed by atoms with van der Waals surface area (Å²) in [5, 5.41) is 0. The summed E-state index contributed by atoms with van der Waals surface area (Å²) in [7, 11) is 1.80. The van der Waals surface area contributed by atoms with Crippen LogP contribution in [0.25, 0.3) is 0 Å². The van der Waals surface area contributed by atoms with Gasteiger partial charge in [-0.05, 0) is 38.5 Å². The van der Waals surface area contributed by atoms with E-state index in [0.717, 1.165) is 6.54 Å².